The second-order valence-corrected chi connectivity index (χ2v) is 8.68. The van der Waals surface area contributed by atoms with Crippen molar-refractivity contribution in [2.45, 2.75) is 19.9 Å². The minimum absolute atomic E-state index is 0.177. The summed E-state index contributed by atoms with van der Waals surface area (Å²) in [5.74, 6) is -0.451. The van der Waals surface area contributed by atoms with Crippen LogP contribution in [0.3, 0.4) is 0 Å². The van der Waals surface area contributed by atoms with E-state index in [4.69, 9.17) is 5.73 Å². The van der Waals surface area contributed by atoms with Gasteiger partial charge in [0.1, 0.15) is 10.8 Å². The van der Waals surface area contributed by atoms with Gasteiger partial charge in [-0.15, -0.1) is 11.3 Å². The van der Waals surface area contributed by atoms with E-state index in [1.165, 1.54) is 0 Å². The van der Waals surface area contributed by atoms with Gasteiger partial charge in [-0.05, 0) is 48.9 Å². The predicted molar refractivity (Wildman–Crippen MR) is 125 cm³/mol. The molecule has 0 saturated heterocycles. The molecule has 0 radical (unpaired) electrons. The van der Waals surface area contributed by atoms with Gasteiger partial charge in [-0.2, -0.15) is 0 Å². The molecule has 1 amide bonds. The number of fused-ring (bicyclic) bond motifs is 3. The Morgan fingerprint density at radius 3 is 2.62 bits per heavy atom. The maximum absolute atomic E-state index is 11.5. The number of amides is 1. The van der Waals surface area contributed by atoms with Gasteiger partial charge in [0.2, 0.25) is 5.91 Å². The third kappa shape index (κ3) is 3.34. The molecule has 0 spiro atoms. The lowest BCUT2D eigenvalue weighted by atomic mass is 10.1. The van der Waals surface area contributed by atoms with Gasteiger partial charge in [-0.25, -0.2) is 9.78 Å². The van der Waals surface area contributed by atoms with Crippen molar-refractivity contribution in [2.75, 3.05) is 0 Å². The maximum atomic E-state index is 11.5. The fraction of sp³-hybridized carbons (Fsp3) is 0.125. The van der Waals surface area contributed by atoms with Crippen LogP contribution in [0.15, 0.2) is 60.9 Å². The van der Waals surface area contributed by atoms with Crippen LogP contribution in [0.5, 0.6) is 0 Å². The lowest BCUT2D eigenvalue weighted by Gasteiger charge is -2.07. The van der Waals surface area contributed by atoms with Crippen molar-refractivity contribution in [3.05, 3.63) is 72.3 Å². The fourth-order valence-electron chi connectivity index (χ4n) is 4.07. The summed E-state index contributed by atoms with van der Waals surface area (Å²) in [5.41, 5.74) is 8.37. The SMILES string of the molecule is Cc1nccn1-c1ccc(-c2ccc3c(c2)c2ccc(C(=O)O)cc2n3CCC(N)=O)s1. The van der Waals surface area contributed by atoms with Crippen LogP contribution in [-0.2, 0) is 11.3 Å². The molecule has 3 heterocycles. The molecule has 160 valence electrons. The van der Waals surface area contributed by atoms with Gasteiger partial charge in [-0.1, -0.05) is 12.1 Å². The summed E-state index contributed by atoms with van der Waals surface area (Å²) in [6, 6.07) is 15.5. The Labute approximate surface area is 187 Å². The highest BCUT2D eigenvalue weighted by molar-refractivity contribution is 7.17. The predicted octanol–water partition coefficient (Wildman–Crippen LogP) is 4.59. The number of aromatic carboxylic acids is 1. The second kappa shape index (κ2) is 7.65. The Balaban J connectivity index is 1.66. The van der Waals surface area contributed by atoms with Gasteiger partial charge in [0, 0.05) is 52.0 Å². The maximum Gasteiger partial charge on any atom is 0.335 e. The van der Waals surface area contributed by atoms with Crippen molar-refractivity contribution < 1.29 is 14.7 Å². The Hall–Kier alpha value is -3.91. The van der Waals surface area contributed by atoms with E-state index < -0.39 is 11.9 Å². The van der Waals surface area contributed by atoms with E-state index in [0.717, 1.165) is 43.1 Å². The Kier molecular flexibility index (Phi) is 4.79. The minimum atomic E-state index is -0.986. The zero-order valence-corrected chi connectivity index (χ0v) is 18.1. The molecule has 32 heavy (non-hydrogen) atoms. The van der Waals surface area contributed by atoms with Crippen molar-refractivity contribution in [3.63, 3.8) is 0 Å². The molecular formula is C24H20N4O3S. The number of aromatic nitrogens is 3. The van der Waals surface area contributed by atoms with E-state index in [9.17, 15) is 14.7 Å². The standard InChI is InChI=1S/C24H20N4O3S/c1-14-26-9-11-27(14)23-7-6-21(32-23)15-3-5-19-18(12-15)17-4-2-16(24(30)31)13-20(17)28(19)10-8-22(25)29/h2-7,9,11-13H,8,10H2,1H3,(H2,25,29)(H,30,31). The van der Waals surface area contributed by atoms with Crippen LogP contribution in [0.1, 0.15) is 22.6 Å². The largest absolute Gasteiger partial charge is 0.478 e. The summed E-state index contributed by atoms with van der Waals surface area (Å²) < 4.78 is 4.02. The Bertz CT molecular complexity index is 1510. The number of rotatable bonds is 6. The summed E-state index contributed by atoms with van der Waals surface area (Å²) in [7, 11) is 0. The average Bonchev–Trinajstić information content (AvgIpc) is 3.48. The van der Waals surface area contributed by atoms with Crippen LogP contribution >= 0.6 is 11.3 Å². The van der Waals surface area contributed by atoms with Crippen molar-refractivity contribution in [1.82, 2.24) is 14.1 Å². The number of benzene rings is 2. The first kappa shape index (κ1) is 20.0. The number of hydrogen-bond donors (Lipinski definition) is 2. The summed E-state index contributed by atoms with van der Waals surface area (Å²) in [4.78, 5) is 28.3. The molecular weight excluding hydrogens is 424 g/mol. The number of thiophene rings is 1. The highest BCUT2D eigenvalue weighted by Gasteiger charge is 2.15. The third-order valence-electron chi connectivity index (χ3n) is 5.63. The van der Waals surface area contributed by atoms with Gasteiger partial charge in [0.25, 0.3) is 0 Å². The molecule has 0 saturated carbocycles. The summed E-state index contributed by atoms with van der Waals surface area (Å²) in [6.07, 6.45) is 3.91. The van der Waals surface area contributed by atoms with Crippen molar-refractivity contribution in [1.29, 1.82) is 0 Å². The third-order valence-corrected chi connectivity index (χ3v) is 6.77. The highest BCUT2D eigenvalue weighted by atomic mass is 32.1. The number of carbonyl (C=O) groups excluding carboxylic acids is 1. The van der Waals surface area contributed by atoms with Gasteiger partial charge < -0.3 is 15.4 Å². The van der Waals surface area contributed by atoms with E-state index in [1.54, 1.807) is 29.7 Å². The molecule has 2 aromatic carbocycles. The zero-order valence-electron chi connectivity index (χ0n) is 17.3. The van der Waals surface area contributed by atoms with Crippen LogP contribution in [0.2, 0.25) is 0 Å². The molecule has 8 heteroatoms. The van der Waals surface area contributed by atoms with Crippen LogP contribution in [0.25, 0.3) is 37.2 Å². The molecule has 0 bridgehead atoms. The molecule has 0 aliphatic heterocycles. The number of carboxylic acids is 1. The monoisotopic (exact) mass is 444 g/mol. The summed E-state index contributed by atoms with van der Waals surface area (Å²) >= 11 is 1.68. The molecule has 0 atom stereocenters. The average molecular weight is 445 g/mol. The van der Waals surface area contributed by atoms with E-state index in [2.05, 4.69) is 33.8 Å². The molecule has 0 fully saturated rings. The lowest BCUT2D eigenvalue weighted by molar-refractivity contribution is -0.118. The number of carbonyl (C=O) groups is 2. The van der Waals surface area contributed by atoms with Gasteiger partial charge in [-0.3, -0.25) is 9.36 Å². The zero-order chi connectivity index (χ0) is 22.4. The van der Waals surface area contributed by atoms with Crippen LogP contribution in [-0.4, -0.2) is 31.1 Å². The second-order valence-electron chi connectivity index (χ2n) is 7.62. The summed E-state index contributed by atoms with van der Waals surface area (Å²) in [5, 5.41) is 12.5. The smallest absolute Gasteiger partial charge is 0.335 e. The van der Waals surface area contributed by atoms with E-state index in [-0.39, 0.29) is 12.0 Å². The van der Waals surface area contributed by atoms with Gasteiger partial charge >= 0.3 is 5.97 Å². The normalized spacial score (nSPS) is 11.4. The van der Waals surface area contributed by atoms with E-state index >= 15 is 0 Å². The van der Waals surface area contributed by atoms with Crippen molar-refractivity contribution in [2.24, 2.45) is 5.73 Å². The molecule has 0 aliphatic rings. The molecule has 5 aromatic rings. The number of nitrogens with two attached hydrogens (primary N) is 1. The van der Waals surface area contributed by atoms with Gasteiger partial charge in [0.15, 0.2) is 0 Å². The molecule has 0 unspecified atom stereocenters. The number of nitrogens with zero attached hydrogens (tertiary/aromatic N) is 3. The number of imidazole rings is 1. The van der Waals surface area contributed by atoms with Crippen LogP contribution in [0, 0.1) is 6.92 Å². The quantitative estimate of drug-likeness (QED) is 0.400. The van der Waals surface area contributed by atoms with E-state index in [0.29, 0.717) is 6.54 Å². The van der Waals surface area contributed by atoms with Gasteiger partial charge in [0.05, 0.1) is 5.56 Å². The first-order valence-electron chi connectivity index (χ1n) is 10.1. The number of primary amides is 1. The first-order chi connectivity index (χ1) is 15.4. The highest BCUT2D eigenvalue weighted by Crippen LogP contribution is 2.36. The lowest BCUT2D eigenvalue weighted by Crippen LogP contribution is -2.13. The number of carboxylic acid groups (broad SMARTS) is 1. The van der Waals surface area contributed by atoms with Crippen molar-refractivity contribution in [3.8, 4) is 15.4 Å². The molecule has 0 aliphatic carbocycles. The van der Waals surface area contributed by atoms with Crippen molar-refractivity contribution >= 4 is 45.0 Å². The topological polar surface area (TPSA) is 103 Å². The summed E-state index contributed by atoms with van der Waals surface area (Å²) in [6.45, 7) is 2.36. The Morgan fingerprint density at radius 1 is 1.06 bits per heavy atom. The molecule has 3 aromatic heterocycles. The molecule has 7 nitrogen and oxygen atoms in total. The fourth-order valence-corrected chi connectivity index (χ4v) is 5.11. The van der Waals surface area contributed by atoms with Crippen LogP contribution < -0.4 is 5.73 Å². The van der Waals surface area contributed by atoms with Crippen LogP contribution in [0.4, 0.5) is 0 Å². The molecule has 5 rings (SSSR count). The van der Waals surface area contributed by atoms with E-state index in [1.807, 2.05) is 29.8 Å². The number of aryl methyl sites for hydroxylation is 2. The number of hydrogen-bond acceptors (Lipinski definition) is 4. The Morgan fingerprint density at radius 2 is 1.91 bits per heavy atom. The molecule has 3 N–H and O–H groups in total. The first-order valence-corrected chi connectivity index (χ1v) is 10.9. The minimum Gasteiger partial charge on any atom is -0.478 e.